The molecule has 8 heteroatoms. The van der Waals surface area contributed by atoms with Crippen molar-refractivity contribution in [2.45, 2.75) is 13.0 Å². The number of piperazine rings is 1. The third-order valence-electron chi connectivity index (χ3n) is 5.71. The first-order valence-corrected chi connectivity index (χ1v) is 11.5. The molecule has 4 heterocycles. The molecule has 1 fully saturated rings. The molecule has 4 aromatic rings. The first-order chi connectivity index (χ1) is 15.7. The van der Waals surface area contributed by atoms with Gasteiger partial charge in [0.25, 0.3) is 5.56 Å². The van der Waals surface area contributed by atoms with Crippen molar-refractivity contribution in [3.63, 3.8) is 0 Å². The minimum Gasteiger partial charge on any atom is -0.348 e. The Bertz CT molecular complexity index is 1280. The molecule has 1 aliphatic rings. The number of rotatable bonds is 5. The van der Waals surface area contributed by atoms with Crippen molar-refractivity contribution in [2.24, 2.45) is 0 Å². The maximum atomic E-state index is 13.5. The van der Waals surface area contributed by atoms with Gasteiger partial charge in [0, 0.05) is 37.3 Å². The molecule has 1 saturated heterocycles. The summed E-state index contributed by atoms with van der Waals surface area (Å²) in [6.45, 7) is 2.75. The van der Waals surface area contributed by atoms with Gasteiger partial charge in [-0.15, -0.1) is 11.3 Å². The molecule has 0 radical (unpaired) electrons. The summed E-state index contributed by atoms with van der Waals surface area (Å²) in [6, 6.07) is 17.5. The molecule has 0 bridgehead atoms. The molecular formula is C24H23N5O2S. The van der Waals surface area contributed by atoms with Gasteiger partial charge in [-0.25, -0.2) is 9.97 Å². The quantitative estimate of drug-likeness (QED) is 0.472. The van der Waals surface area contributed by atoms with E-state index in [-0.39, 0.29) is 11.5 Å². The molecule has 1 aliphatic heterocycles. The molecule has 162 valence electrons. The van der Waals surface area contributed by atoms with Crippen LogP contribution in [-0.4, -0.2) is 51.5 Å². The summed E-state index contributed by atoms with van der Waals surface area (Å²) >= 11 is 1.60. The molecule has 0 N–H and O–H groups in total. The van der Waals surface area contributed by atoms with E-state index < -0.39 is 0 Å². The largest absolute Gasteiger partial charge is 0.348 e. The van der Waals surface area contributed by atoms with Crippen LogP contribution in [-0.2, 0) is 17.8 Å². The standard InChI is InChI=1S/C24H23N5O2S/c30-21(16-19-8-5-15-32-19)27-11-13-28(14-12-27)23-24(31)29(17-18-6-2-1-3-7-18)22-20(26-23)9-4-10-25-22/h1-10,15H,11-14,16-17H2. The number of anilines is 1. The summed E-state index contributed by atoms with van der Waals surface area (Å²) < 4.78 is 1.70. The predicted molar refractivity (Wildman–Crippen MR) is 126 cm³/mol. The molecule has 1 amide bonds. The van der Waals surface area contributed by atoms with Gasteiger partial charge in [0.1, 0.15) is 5.52 Å². The fourth-order valence-corrected chi connectivity index (χ4v) is 4.72. The van der Waals surface area contributed by atoms with Crippen molar-refractivity contribution in [2.75, 3.05) is 31.1 Å². The molecule has 0 saturated carbocycles. The van der Waals surface area contributed by atoms with Crippen LogP contribution < -0.4 is 10.5 Å². The second kappa shape index (κ2) is 8.92. The Morgan fingerprint density at radius 2 is 1.78 bits per heavy atom. The van der Waals surface area contributed by atoms with Crippen LogP contribution in [0, 0.1) is 0 Å². The second-order valence-corrected chi connectivity index (χ2v) is 8.81. The van der Waals surface area contributed by atoms with Crippen LogP contribution in [0.5, 0.6) is 0 Å². The van der Waals surface area contributed by atoms with E-state index >= 15 is 0 Å². The summed E-state index contributed by atoms with van der Waals surface area (Å²) in [6.07, 6.45) is 2.12. The zero-order chi connectivity index (χ0) is 21.9. The maximum Gasteiger partial charge on any atom is 0.295 e. The Balaban J connectivity index is 1.39. The highest BCUT2D eigenvalue weighted by atomic mass is 32.1. The lowest BCUT2D eigenvalue weighted by Crippen LogP contribution is -2.51. The van der Waals surface area contributed by atoms with E-state index in [4.69, 9.17) is 0 Å². The number of amides is 1. The number of fused-ring (bicyclic) bond motifs is 1. The van der Waals surface area contributed by atoms with Gasteiger partial charge < -0.3 is 9.80 Å². The highest BCUT2D eigenvalue weighted by molar-refractivity contribution is 7.10. The van der Waals surface area contributed by atoms with Crippen molar-refractivity contribution in [3.05, 3.63) is 87.0 Å². The number of carbonyl (C=O) groups excluding carboxylic acids is 1. The molecular weight excluding hydrogens is 422 g/mol. The van der Waals surface area contributed by atoms with Gasteiger partial charge in [-0.05, 0) is 29.1 Å². The van der Waals surface area contributed by atoms with Gasteiger partial charge in [-0.2, -0.15) is 0 Å². The average Bonchev–Trinajstić information content (AvgIpc) is 3.34. The number of aromatic nitrogens is 3. The van der Waals surface area contributed by atoms with Crippen molar-refractivity contribution in [3.8, 4) is 0 Å². The molecule has 32 heavy (non-hydrogen) atoms. The van der Waals surface area contributed by atoms with E-state index in [9.17, 15) is 9.59 Å². The Morgan fingerprint density at radius 3 is 2.53 bits per heavy atom. The number of pyridine rings is 1. The molecule has 0 spiro atoms. The summed E-state index contributed by atoms with van der Waals surface area (Å²) in [4.78, 5) is 40.1. The van der Waals surface area contributed by atoms with Gasteiger partial charge in [0.05, 0.1) is 13.0 Å². The number of hydrogen-bond acceptors (Lipinski definition) is 6. The van der Waals surface area contributed by atoms with Gasteiger partial charge >= 0.3 is 0 Å². The molecule has 0 aliphatic carbocycles. The van der Waals surface area contributed by atoms with E-state index in [0.717, 1.165) is 10.4 Å². The van der Waals surface area contributed by atoms with Gasteiger partial charge in [0.15, 0.2) is 11.5 Å². The summed E-state index contributed by atoms with van der Waals surface area (Å²) in [5, 5.41) is 1.99. The summed E-state index contributed by atoms with van der Waals surface area (Å²) in [5.74, 6) is 0.552. The Labute approximate surface area is 189 Å². The number of carbonyl (C=O) groups is 1. The zero-order valence-corrected chi connectivity index (χ0v) is 18.4. The third-order valence-corrected chi connectivity index (χ3v) is 6.58. The Kier molecular flexibility index (Phi) is 5.68. The maximum absolute atomic E-state index is 13.5. The van der Waals surface area contributed by atoms with Gasteiger partial charge in [-0.3, -0.25) is 14.2 Å². The molecule has 7 nitrogen and oxygen atoms in total. The molecule has 0 unspecified atom stereocenters. The van der Waals surface area contributed by atoms with E-state index in [1.807, 2.05) is 69.8 Å². The van der Waals surface area contributed by atoms with Crippen molar-refractivity contribution in [1.82, 2.24) is 19.4 Å². The lowest BCUT2D eigenvalue weighted by molar-refractivity contribution is -0.130. The first-order valence-electron chi connectivity index (χ1n) is 10.6. The van der Waals surface area contributed by atoms with Crippen LogP contribution in [0.15, 0.2) is 71.0 Å². The Morgan fingerprint density at radius 1 is 0.969 bits per heavy atom. The lowest BCUT2D eigenvalue weighted by atomic mass is 10.2. The van der Waals surface area contributed by atoms with E-state index in [2.05, 4.69) is 9.97 Å². The zero-order valence-electron chi connectivity index (χ0n) is 17.6. The average molecular weight is 446 g/mol. The lowest BCUT2D eigenvalue weighted by Gasteiger charge is -2.35. The fraction of sp³-hybridized carbons (Fsp3) is 0.250. The van der Waals surface area contributed by atoms with Crippen LogP contribution in [0.2, 0.25) is 0 Å². The minimum atomic E-state index is -0.154. The first kappa shape index (κ1) is 20.4. The SMILES string of the molecule is O=C(Cc1cccs1)N1CCN(c2nc3cccnc3n(Cc3ccccc3)c2=O)CC1. The van der Waals surface area contributed by atoms with E-state index in [1.165, 1.54) is 0 Å². The van der Waals surface area contributed by atoms with Crippen LogP contribution in [0.25, 0.3) is 11.2 Å². The highest BCUT2D eigenvalue weighted by Crippen LogP contribution is 2.17. The van der Waals surface area contributed by atoms with Gasteiger partial charge in [0.2, 0.25) is 5.91 Å². The smallest absolute Gasteiger partial charge is 0.295 e. The molecule has 5 rings (SSSR count). The molecule has 1 aromatic carbocycles. The predicted octanol–water partition coefficient (Wildman–Crippen LogP) is 2.79. The van der Waals surface area contributed by atoms with Crippen molar-refractivity contribution in [1.29, 1.82) is 0 Å². The van der Waals surface area contributed by atoms with E-state index in [0.29, 0.717) is 56.1 Å². The van der Waals surface area contributed by atoms with Crippen molar-refractivity contribution < 1.29 is 4.79 Å². The van der Waals surface area contributed by atoms with E-state index in [1.54, 1.807) is 22.1 Å². The number of thiophene rings is 1. The minimum absolute atomic E-state index is 0.129. The van der Waals surface area contributed by atoms with Crippen LogP contribution in [0.3, 0.4) is 0 Å². The normalized spacial score (nSPS) is 14.1. The second-order valence-electron chi connectivity index (χ2n) is 7.78. The van der Waals surface area contributed by atoms with Crippen LogP contribution in [0.1, 0.15) is 10.4 Å². The van der Waals surface area contributed by atoms with Crippen LogP contribution >= 0.6 is 11.3 Å². The summed E-state index contributed by atoms with van der Waals surface area (Å²) in [7, 11) is 0. The fourth-order valence-electron chi connectivity index (χ4n) is 4.02. The number of benzene rings is 1. The topological polar surface area (TPSA) is 71.3 Å². The molecule has 3 aromatic heterocycles. The van der Waals surface area contributed by atoms with Crippen molar-refractivity contribution >= 4 is 34.2 Å². The summed E-state index contributed by atoms with van der Waals surface area (Å²) in [5.41, 5.74) is 2.14. The number of nitrogens with zero attached hydrogens (tertiary/aromatic N) is 5. The Hall–Kier alpha value is -3.52. The van der Waals surface area contributed by atoms with Crippen LogP contribution in [0.4, 0.5) is 5.82 Å². The highest BCUT2D eigenvalue weighted by Gasteiger charge is 2.25. The van der Waals surface area contributed by atoms with Gasteiger partial charge in [-0.1, -0.05) is 36.4 Å². The monoisotopic (exact) mass is 445 g/mol. The molecule has 0 atom stereocenters. The third kappa shape index (κ3) is 4.13. The number of hydrogen-bond donors (Lipinski definition) is 0.